The summed E-state index contributed by atoms with van der Waals surface area (Å²) in [4.78, 5) is 27.4. The third-order valence-corrected chi connectivity index (χ3v) is 6.00. The van der Waals surface area contributed by atoms with Crippen LogP contribution in [0.5, 0.6) is 5.75 Å². The van der Waals surface area contributed by atoms with E-state index in [1.165, 1.54) is 48.4 Å². The molecule has 0 aliphatic carbocycles. The topological polar surface area (TPSA) is 112 Å². The molecule has 3 aromatic carbocycles. The van der Waals surface area contributed by atoms with Gasteiger partial charge < -0.3 is 24.8 Å². The van der Waals surface area contributed by atoms with Crippen LogP contribution in [0.4, 0.5) is 18.9 Å². The van der Waals surface area contributed by atoms with Crippen molar-refractivity contribution in [3.8, 4) is 11.8 Å². The van der Waals surface area contributed by atoms with E-state index in [4.69, 9.17) is 14.7 Å². The Morgan fingerprint density at radius 3 is 2.21 bits per heavy atom. The number of nitrogens with zero attached hydrogens (tertiary/aromatic N) is 2. The van der Waals surface area contributed by atoms with E-state index >= 15 is 0 Å². The van der Waals surface area contributed by atoms with Crippen LogP contribution in [0, 0.1) is 11.3 Å². The smallest absolute Gasteiger partial charge is 0.416 e. The number of methoxy groups -OCH3 is 1. The summed E-state index contributed by atoms with van der Waals surface area (Å²) in [5.74, 6) is -1.08. The standard InChI is InChI=1S/C31H32F3N3O5/c1-30(2,3)42-28(39)19-37(18-21-7-5-20(17-35)6-8-21)29(40)22-9-12-24(13-10-22)36-27(38)15-23-11-14-25(41-4)16-26(23)31(32,33)34/h5-14,16,28,39H,15,18-19H2,1-4H3,(H,36,38). The molecule has 0 aromatic heterocycles. The lowest BCUT2D eigenvalue weighted by molar-refractivity contribution is -0.171. The second kappa shape index (κ2) is 13.5. The zero-order valence-electron chi connectivity index (χ0n) is 23.7. The van der Waals surface area contributed by atoms with Crippen molar-refractivity contribution in [2.45, 2.75) is 51.8 Å². The van der Waals surface area contributed by atoms with E-state index in [1.54, 1.807) is 45.0 Å². The molecule has 8 nitrogen and oxygen atoms in total. The maximum atomic E-state index is 13.5. The molecule has 11 heteroatoms. The number of aliphatic hydroxyl groups excluding tert-OH is 1. The van der Waals surface area contributed by atoms with Gasteiger partial charge in [-0.25, -0.2) is 0 Å². The predicted octanol–water partition coefficient (Wildman–Crippen LogP) is 5.54. The average Bonchev–Trinajstić information content (AvgIpc) is 2.91. The number of hydrogen-bond donors (Lipinski definition) is 2. The molecule has 222 valence electrons. The Morgan fingerprint density at radius 1 is 1.02 bits per heavy atom. The van der Waals surface area contributed by atoms with E-state index in [1.807, 2.05) is 6.07 Å². The van der Waals surface area contributed by atoms with Gasteiger partial charge in [0, 0.05) is 17.8 Å². The fourth-order valence-electron chi connectivity index (χ4n) is 4.12. The van der Waals surface area contributed by atoms with Crippen molar-refractivity contribution in [1.29, 1.82) is 5.26 Å². The minimum absolute atomic E-state index is 0.0254. The second-order valence-electron chi connectivity index (χ2n) is 10.5. The summed E-state index contributed by atoms with van der Waals surface area (Å²) in [6.07, 6.45) is -6.46. The summed E-state index contributed by atoms with van der Waals surface area (Å²) in [6, 6.07) is 18.0. The Balaban J connectivity index is 1.74. The first-order valence-corrected chi connectivity index (χ1v) is 13.0. The third kappa shape index (κ3) is 9.33. The van der Waals surface area contributed by atoms with E-state index < -0.39 is 41.9 Å². The highest BCUT2D eigenvalue weighted by atomic mass is 19.4. The van der Waals surface area contributed by atoms with Crippen LogP contribution in [0.15, 0.2) is 66.7 Å². The second-order valence-corrected chi connectivity index (χ2v) is 10.5. The number of anilines is 1. The molecule has 3 rings (SSSR count). The van der Waals surface area contributed by atoms with Crippen molar-refractivity contribution >= 4 is 17.5 Å². The molecule has 42 heavy (non-hydrogen) atoms. The van der Waals surface area contributed by atoms with Crippen LogP contribution >= 0.6 is 0 Å². The predicted molar refractivity (Wildman–Crippen MR) is 150 cm³/mol. The molecule has 0 heterocycles. The lowest BCUT2D eigenvalue weighted by Gasteiger charge is -2.29. The highest BCUT2D eigenvalue weighted by Gasteiger charge is 2.34. The fourth-order valence-corrected chi connectivity index (χ4v) is 4.12. The third-order valence-electron chi connectivity index (χ3n) is 6.00. The first-order chi connectivity index (χ1) is 19.7. The van der Waals surface area contributed by atoms with Crippen LogP contribution in [-0.2, 0) is 28.7 Å². The maximum Gasteiger partial charge on any atom is 0.416 e. The number of aliphatic hydroxyl groups is 1. The number of hydrogen-bond acceptors (Lipinski definition) is 6. The van der Waals surface area contributed by atoms with Gasteiger partial charge in [0.05, 0.1) is 42.9 Å². The molecule has 2 N–H and O–H groups in total. The lowest BCUT2D eigenvalue weighted by Crippen LogP contribution is -2.40. The van der Waals surface area contributed by atoms with E-state index in [0.29, 0.717) is 5.56 Å². The first kappa shape index (κ1) is 32.1. The molecule has 3 aromatic rings. The zero-order chi connectivity index (χ0) is 31.1. The van der Waals surface area contributed by atoms with Crippen LogP contribution in [0.1, 0.15) is 53.4 Å². The molecule has 0 fully saturated rings. The van der Waals surface area contributed by atoms with E-state index in [2.05, 4.69) is 5.32 Å². The van der Waals surface area contributed by atoms with Gasteiger partial charge >= 0.3 is 6.18 Å². The Morgan fingerprint density at radius 2 is 1.67 bits per heavy atom. The van der Waals surface area contributed by atoms with Gasteiger partial charge in [0.2, 0.25) is 5.91 Å². The van der Waals surface area contributed by atoms with Gasteiger partial charge in [0.1, 0.15) is 5.75 Å². The maximum absolute atomic E-state index is 13.5. The molecule has 2 amide bonds. The van der Waals surface area contributed by atoms with Crippen LogP contribution in [0.3, 0.4) is 0 Å². The summed E-state index contributed by atoms with van der Waals surface area (Å²) in [7, 11) is 1.25. The van der Waals surface area contributed by atoms with E-state index in [9.17, 15) is 27.9 Å². The summed E-state index contributed by atoms with van der Waals surface area (Å²) in [5, 5.41) is 22.1. The Bertz CT molecular complexity index is 1430. The number of nitriles is 1. The van der Waals surface area contributed by atoms with Gasteiger partial charge in [-0.1, -0.05) is 18.2 Å². The van der Waals surface area contributed by atoms with Crippen molar-refractivity contribution < 1.29 is 37.3 Å². The van der Waals surface area contributed by atoms with Crippen LogP contribution in [0.2, 0.25) is 0 Å². The number of rotatable bonds is 10. The van der Waals surface area contributed by atoms with Gasteiger partial charge in [-0.15, -0.1) is 0 Å². The van der Waals surface area contributed by atoms with Gasteiger partial charge in [0.25, 0.3) is 5.91 Å². The number of carbonyl (C=O) groups is 2. The van der Waals surface area contributed by atoms with E-state index in [0.717, 1.165) is 11.6 Å². The SMILES string of the molecule is COc1ccc(CC(=O)Nc2ccc(C(=O)N(Cc3ccc(C#N)cc3)CC(O)OC(C)(C)C)cc2)c(C(F)(F)F)c1. The molecule has 0 aliphatic heterocycles. The van der Waals surface area contributed by atoms with Crippen molar-refractivity contribution in [3.05, 3.63) is 94.5 Å². The summed E-state index contributed by atoms with van der Waals surface area (Å²) >= 11 is 0. The van der Waals surface area contributed by atoms with Crippen molar-refractivity contribution in [3.63, 3.8) is 0 Å². The molecular formula is C31H32F3N3O5. The Kier molecular flexibility index (Phi) is 10.3. The highest BCUT2D eigenvalue weighted by Crippen LogP contribution is 2.34. The highest BCUT2D eigenvalue weighted by molar-refractivity contribution is 5.96. The molecule has 0 bridgehead atoms. The zero-order valence-corrected chi connectivity index (χ0v) is 23.7. The first-order valence-electron chi connectivity index (χ1n) is 13.0. The number of amides is 2. The molecule has 0 aliphatic rings. The van der Waals surface area contributed by atoms with Crippen molar-refractivity contribution in [2.24, 2.45) is 0 Å². The number of alkyl halides is 3. The molecule has 1 unspecified atom stereocenters. The fraction of sp³-hybridized carbons (Fsp3) is 0.323. The minimum Gasteiger partial charge on any atom is -0.497 e. The number of benzene rings is 3. The number of nitrogens with one attached hydrogen (secondary N) is 1. The molecule has 0 saturated heterocycles. The average molecular weight is 584 g/mol. The number of carbonyl (C=O) groups excluding carboxylic acids is 2. The summed E-state index contributed by atoms with van der Waals surface area (Å²) in [5.41, 5.74) is -0.0971. The quantitative estimate of drug-likeness (QED) is 0.303. The molecule has 0 spiro atoms. The molecular weight excluding hydrogens is 551 g/mol. The van der Waals surface area contributed by atoms with Crippen LogP contribution < -0.4 is 10.1 Å². The van der Waals surface area contributed by atoms with Crippen LogP contribution in [0.25, 0.3) is 0 Å². The molecule has 1 atom stereocenters. The van der Waals surface area contributed by atoms with Gasteiger partial charge in [-0.3, -0.25) is 9.59 Å². The minimum atomic E-state index is -4.67. The van der Waals surface area contributed by atoms with Crippen LogP contribution in [-0.4, -0.2) is 47.4 Å². The monoisotopic (exact) mass is 583 g/mol. The van der Waals surface area contributed by atoms with Gasteiger partial charge in [-0.05, 0) is 80.4 Å². The lowest BCUT2D eigenvalue weighted by atomic mass is 10.0. The number of ether oxygens (including phenoxy) is 2. The van der Waals surface area contributed by atoms with Gasteiger partial charge in [0.15, 0.2) is 6.29 Å². The largest absolute Gasteiger partial charge is 0.497 e. The number of halogens is 3. The Labute approximate surface area is 242 Å². The van der Waals surface area contributed by atoms with Crippen molar-refractivity contribution in [1.82, 2.24) is 4.90 Å². The molecule has 0 radical (unpaired) electrons. The van der Waals surface area contributed by atoms with Crippen molar-refractivity contribution in [2.75, 3.05) is 19.0 Å². The normalized spacial score (nSPS) is 12.3. The van der Waals surface area contributed by atoms with Gasteiger partial charge in [-0.2, -0.15) is 18.4 Å². The Hall–Kier alpha value is -4.40. The summed E-state index contributed by atoms with van der Waals surface area (Å²) in [6.45, 7) is 5.30. The van der Waals surface area contributed by atoms with E-state index in [-0.39, 0.29) is 35.7 Å². The summed E-state index contributed by atoms with van der Waals surface area (Å²) < 4.78 is 50.9. The molecule has 0 saturated carbocycles.